The number of aryl methyl sites for hydroxylation is 3. The average Bonchev–Trinajstić information content (AvgIpc) is 2.81. The lowest BCUT2D eigenvalue weighted by atomic mass is 10.2. The van der Waals surface area contributed by atoms with E-state index < -0.39 is 0 Å². The molecule has 0 fully saturated rings. The Morgan fingerprint density at radius 3 is 2.79 bits per heavy atom. The van der Waals surface area contributed by atoms with Crippen molar-refractivity contribution in [3.05, 3.63) is 40.6 Å². The Kier molecular flexibility index (Phi) is 4.33. The molecule has 0 atom stereocenters. The highest BCUT2D eigenvalue weighted by atomic mass is 16.1. The monoisotopic (exact) mass is 261 g/mol. The fraction of sp³-hybridized carbons (Fsp3) is 0.462. The zero-order chi connectivity index (χ0) is 13.7. The third-order valence-corrected chi connectivity index (χ3v) is 2.82. The first-order chi connectivity index (χ1) is 9.19. The highest BCUT2D eigenvalue weighted by molar-refractivity contribution is 5.38. The fourth-order valence-electron chi connectivity index (χ4n) is 1.80. The minimum absolute atomic E-state index is 0.0787. The van der Waals surface area contributed by atoms with Crippen LogP contribution in [0, 0.1) is 0 Å². The quantitative estimate of drug-likeness (QED) is 0.844. The molecule has 6 nitrogen and oxygen atoms in total. The van der Waals surface area contributed by atoms with E-state index in [-0.39, 0.29) is 5.56 Å². The van der Waals surface area contributed by atoms with E-state index in [1.807, 2.05) is 19.4 Å². The van der Waals surface area contributed by atoms with Crippen LogP contribution < -0.4 is 10.9 Å². The van der Waals surface area contributed by atoms with Crippen LogP contribution in [0.5, 0.6) is 0 Å². The zero-order valence-corrected chi connectivity index (χ0v) is 11.3. The summed E-state index contributed by atoms with van der Waals surface area (Å²) in [5.41, 5.74) is 1.80. The third kappa shape index (κ3) is 3.67. The molecule has 0 bridgehead atoms. The summed E-state index contributed by atoms with van der Waals surface area (Å²) >= 11 is 0. The lowest BCUT2D eigenvalue weighted by Gasteiger charge is -2.06. The van der Waals surface area contributed by atoms with Crippen LogP contribution in [-0.2, 0) is 20.0 Å². The highest BCUT2D eigenvalue weighted by Gasteiger charge is 2.02. The number of hydrogen-bond acceptors (Lipinski definition) is 4. The topological polar surface area (TPSA) is 64.7 Å². The molecule has 0 radical (unpaired) electrons. The van der Waals surface area contributed by atoms with Crippen LogP contribution in [-0.4, -0.2) is 26.1 Å². The summed E-state index contributed by atoms with van der Waals surface area (Å²) in [7, 11) is 1.88. The van der Waals surface area contributed by atoms with Gasteiger partial charge in [0, 0.05) is 32.4 Å². The van der Waals surface area contributed by atoms with Crippen molar-refractivity contribution in [2.45, 2.75) is 26.3 Å². The second-order valence-corrected chi connectivity index (χ2v) is 4.50. The van der Waals surface area contributed by atoms with Crippen LogP contribution >= 0.6 is 0 Å². The lowest BCUT2D eigenvalue weighted by Crippen LogP contribution is -2.23. The van der Waals surface area contributed by atoms with E-state index >= 15 is 0 Å². The van der Waals surface area contributed by atoms with Crippen LogP contribution in [0.15, 0.2) is 29.5 Å². The Labute approximate surface area is 112 Å². The first-order valence-electron chi connectivity index (χ1n) is 6.47. The van der Waals surface area contributed by atoms with E-state index in [4.69, 9.17) is 0 Å². The third-order valence-electron chi connectivity index (χ3n) is 2.82. The molecule has 0 spiro atoms. The van der Waals surface area contributed by atoms with E-state index in [0.29, 0.717) is 6.54 Å². The summed E-state index contributed by atoms with van der Waals surface area (Å²) in [5.74, 6) is 0. The maximum atomic E-state index is 11.9. The number of hydrogen-bond donors (Lipinski definition) is 1. The molecule has 2 rings (SSSR count). The number of rotatable bonds is 6. The summed E-state index contributed by atoms with van der Waals surface area (Å²) in [6.07, 6.45) is 7.22. The fourth-order valence-corrected chi connectivity index (χ4v) is 1.80. The molecule has 0 aliphatic carbocycles. The van der Waals surface area contributed by atoms with Gasteiger partial charge in [-0.2, -0.15) is 10.2 Å². The molecular weight excluding hydrogens is 242 g/mol. The van der Waals surface area contributed by atoms with Gasteiger partial charge >= 0.3 is 0 Å². The summed E-state index contributed by atoms with van der Waals surface area (Å²) in [6.45, 7) is 3.49. The van der Waals surface area contributed by atoms with E-state index in [1.54, 1.807) is 16.9 Å². The minimum atomic E-state index is -0.0787. The number of aromatic nitrogens is 4. The SMILES string of the molecule is CCCNc1cnn(CCc2cnn(C)c2)c(=O)c1. The summed E-state index contributed by atoms with van der Waals surface area (Å²) in [6, 6.07) is 1.59. The maximum Gasteiger partial charge on any atom is 0.268 e. The predicted molar refractivity (Wildman–Crippen MR) is 74.2 cm³/mol. The molecular formula is C13H19N5O. The van der Waals surface area contributed by atoms with Gasteiger partial charge in [-0.15, -0.1) is 0 Å². The van der Waals surface area contributed by atoms with Gasteiger partial charge in [-0.25, -0.2) is 4.68 Å². The Morgan fingerprint density at radius 1 is 1.32 bits per heavy atom. The van der Waals surface area contributed by atoms with Crippen molar-refractivity contribution < 1.29 is 0 Å². The summed E-state index contributed by atoms with van der Waals surface area (Å²) < 4.78 is 3.23. The highest BCUT2D eigenvalue weighted by Crippen LogP contribution is 2.01. The molecule has 2 aromatic rings. The smallest absolute Gasteiger partial charge is 0.268 e. The van der Waals surface area contributed by atoms with Crippen LogP contribution in [0.2, 0.25) is 0 Å². The lowest BCUT2D eigenvalue weighted by molar-refractivity contribution is 0.578. The second kappa shape index (κ2) is 6.17. The van der Waals surface area contributed by atoms with E-state index in [9.17, 15) is 4.79 Å². The van der Waals surface area contributed by atoms with Gasteiger partial charge in [-0.3, -0.25) is 9.48 Å². The van der Waals surface area contributed by atoms with E-state index in [2.05, 4.69) is 22.4 Å². The van der Waals surface area contributed by atoms with Crippen LogP contribution in [0.1, 0.15) is 18.9 Å². The predicted octanol–water partition coefficient (Wildman–Crippen LogP) is 1.04. The molecule has 0 aliphatic rings. The molecule has 2 heterocycles. The normalized spacial score (nSPS) is 10.6. The first kappa shape index (κ1) is 13.3. The molecule has 19 heavy (non-hydrogen) atoms. The molecule has 2 aromatic heterocycles. The molecule has 0 amide bonds. The standard InChI is InChI=1S/C13H19N5O/c1-3-5-14-12-7-13(19)18(16-9-12)6-4-11-8-15-17(2)10-11/h7-10,14H,3-6H2,1-2H3. The van der Waals surface area contributed by atoms with E-state index in [1.165, 1.54) is 4.68 Å². The molecule has 0 aromatic carbocycles. The van der Waals surface area contributed by atoms with Crippen LogP contribution in [0.3, 0.4) is 0 Å². The molecule has 102 valence electrons. The van der Waals surface area contributed by atoms with Crippen molar-refractivity contribution in [2.75, 3.05) is 11.9 Å². The van der Waals surface area contributed by atoms with Crippen molar-refractivity contribution in [2.24, 2.45) is 7.05 Å². The Balaban J connectivity index is 1.99. The second-order valence-electron chi connectivity index (χ2n) is 4.50. The average molecular weight is 261 g/mol. The summed E-state index contributed by atoms with van der Waals surface area (Å²) in [4.78, 5) is 11.9. The number of anilines is 1. The van der Waals surface area contributed by atoms with Crippen LogP contribution in [0.25, 0.3) is 0 Å². The van der Waals surface area contributed by atoms with Gasteiger partial charge in [0.05, 0.1) is 18.1 Å². The van der Waals surface area contributed by atoms with Gasteiger partial charge in [-0.1, -0.05) is 6.92 Å². The van der Waals surface area contributed by atoms with Gasteiger partial charge in [0.25, 0.3) is 5.56 Å². The van der Waals surface area contributed by atoms with Gasteiger partial charge in [0.1, 0.15) is 0 Å². The molecule has 0 aliphatic heterocycles. The van der Waals surface area contributed by atoms with E-state index in [0.717, 1.165) is 30.6 Å². The van der Waals surface area contributed by atoms with Crippen molar-refractivity contribution in [1.29, 1.82) is 0 Å². The molecule has 0 saturated heterocycles. The first-order valence-corrected chi connectivity index (χ1v) is 6.47. The van der Waals surface area contributed by atoms with Gasteiger partial charge in [-0.05, 0) is 18.4 Å². The van der Waals surface area contributed by atoms with Gasteiger partial charge < -0.3 is 5.32 Å². The largest absolute Gasteiger partial charge is 0.384 e. The number of nitrogens with zero attached hydrogens (tertiary/aromatic N) is 4. The van der Waals surface area contributed by atoms with Crippen molar-refractivity contribution >= 4 is 5.69 Å². The Hall–Kier alpha value is -2.11. The Morgan fingerprint density at radius 2 is 2.16 bits per heavy atom. The summed E-state index contributed by atoms with van der Waals surface area (Å²) in [5, 5.41) is 11.4. The van der Waals surface area contributed by atoms with Crippen molar-refractivity contribution in [1.82, 2.24) is 19.6 Å². The molecule has 1 N–H and O–H groups in total. The molecule has 0 saturated carbocycles. The maximum absolute atomic E-state index is 11.9. The Bertz CT molecular complexity index is 587. The molecule has 6 heteroatoms. The van der Waals surface area contributed by atoms with Crippen molar-refractivity contribution in [3.8, 4) is 0 Å². The van der Waals surface area contributed by atoms with Crippen LogP contribution in [0.4, 0.5) is 5.69 Å². The van der Waals surface area contributed by atoms with Crippen molar-refractivity contribution in [3.63, 3.8) is 0 Å². The number of nitrogens with one attached hydrogen (secondary N) is 1. The van der Waals surface area contributed by atoms with Gasteiger partial charge in [0.15, 0.2) is 0 Å². The molecule has 0 unspecified atom stereocenters. The minimum Gasteiger partial charge on any atom is -0.384 e. The zero-order valence-electron chi connectivity index (χ0n) is 11.3. The van der Waals surface area contributed by atoms with Gasteiger partial charge in [0.2, 0.25) is 0 Å².